The first-order valence-corrected chi connectivity index (χ1v) is 8.38. The van der Waals surface area contributed by atoms with Crippen LogP contribution in [0.1, 0.15) is 40.0 Å². The number of pyridine rings is 1. The zero-order valence-corrected chi connectivity index (χ0v) is 14.4. The van der Waals surface area contributed by atoms with Crippen LogP contribution in [0.3, 0.4) is 0 Å². The largest absolute Gasteiger partial charge is 0.444 e. The van der Waals surface area contributed by atoms with E-state index in [1.807, 2.05) is 26.8 Å². The van der Waals surface area contributed by atoms with Crippen LogP contribution in [0.25, 0.3) is 11.2 Å². The molecule has 1 atom stereocenters. The summed E-state index contributed by atoms with van der Waals surface area (Å²) in [5.41, 5.74) is 0.607. The lowest BCUT2D eigenvalue weighted by molar-refractivity contribution is 0.00781. The summed E-state index contributed by atoms with van der Waals surface area (Å²) in [6.45, 7) is 6.66. The summed E-state index contributed by atoms with van der Waals surface area (Å²) in [5.74, 6) is 0. The van der Waals surface area contributed by atoms with E-state index in [0.29, 0.717) is 24.3 Å². The number of nitrogens with zero attached hydrogens (tertiary/aromatic N) is 3. The second-order valence-corrected chi connectivity index (χ2v) is 7.24. The van der Waals surface area contributed by atoms with Gasteiger partial charge in [0, 0.05) is 19.3 Å². The van der Waals surface area contributed by atoms with Gasteiger partial charge in [-0.2, -0.15) is 0 Å². The lowest BCUT2D eigenvalue weighted by atomic mass is 10.0. The van der Waals surface area contributed by atoms with Gasteiger partial charge >= 0.3 is 11.8 Å². The van der Waals surface area contributed by atoms with E-state index < -0.39 is 5.60 Å². The summed E-state index contributed by atoms with van der Waals surface area (Å²) in [7, 11) is 0. The third-order valence-electron chi connectivity index (χ3n) is 4.18. The highest BCUT2D eigenvalue weighted by atomic mass is 16.6. The first-order chi connectivity index (χ1) is 11.3. The molecule has 0 radical (unpaired) electrons. The second-order valence-electron chi connectivity index (χ2n) is 7.24. The van der Waals surface area contributed by atoms with Crippen molar-refractivity contribution in [2.24, 2.45) is 0 Å². The van der Waals surface area contributed by atoms with E-state index in [4.69, 9.17) is 4.74 Å². The number of likely N-dealkylation sites (tertiary alicyclic amines) is 1. The van der Waals surface area contributed by atoms with Crippen LogP contribution in [-0.4, -0.2) is 43.7 Å². The molecule has 24 heavy (non-hydrogen) atoms. The molecule has 1 amide bonds. The normalized spacial score (nSPS) is 18.8. The van der Waals surface area contributed by atoms with Crippen molar-refractivity contribution in [3.63, 3.8) is 0 Å². The predicted molar refractivity (Wildman–Crippen MR) is 90.9 cm³/mol. The third-order valence-corrected chi connectivity index (χ3v) is 4.18. The molecular formula is C17H24N4O3. The fourth-order valence-electron chi connectivity index (χ4n) is 3.12. The molecule has 1 N–H and O–H groups in total. The minimum atomic E-state index is -0.530. The molecule has 3 heterocycles. The lowest BCUT2D eigenvalue weighted by Crippen LogP contribution is -2.48. The Hall–Kier alpha value is -2.31. The number of aromatic nitrogens is 3. The highest BCUT2D eigenvalue weighted by molar-refractivity contribution is 5.70. The molecule has 1 aliphatic rings. The minimum Gasteiger partial charge on any atom is -0.444 e. The van der Waals surface area contributed by atoms with Crippen LogP contribution in [0.15, 0.2) is 23.1 Å². The molecule has 0 aromatic carbocycles. The van der Waals surface area contributed by atoms with E-state index in [0.717, 1.165) is 19.3 Å². The Morgan fingerprint density at radius 3 is 2.96 bits per heavy atom. The van der Waals surface area contributed by atoms with Crippen molar-refractivity contribution in [1.29, 1.82) is 0 Å². The molecule has 1 fully saturated rings. The molecule has 7 heteroatoms. The lowest BCUT2D eigenvalue weighted by Gasteiger charge is -2.36. The topological polar surface area (TPSA) is 80.2 Å². The summed E-state index contributed by atoms with van der Waals surface area (Å²) in [6, 6.07) is 3.55. The molecule has 7 nitrogen and oxygen atoms in total. The van der Waals surface area contributed by atoms with E-state index >= 15 is 0 Å². The smallest absolute Gasteiger partial charge is 0.410 e. The maximum absolute atomic E-state index is 12.5. The number of rotatable bonds is 2. The van der Waals surface area contributed by atoms with Crippen LogP contribution in [0.4, 0.5) is 4.79 Å². The van der Waals surface area contributed by atoms with Gasteiger partial charge in [-0.1, -0.05) is 0 Å². The summed E-state index contributed by atoms with van der Waals surface area (Å²) < 4.78 is 7.13. The number of nitrogens with one attached hydrogen (secondary N) is 1. The highest BCUT2D eigenvalue weighted by Gasteiger charge is 2.31. The van der Waals surface area contributed by atoms with Crippen molar-refractivity contribution in [3.8, 4) is 0 Å². The Morgan fingerprint density at radius 1 is 1.42 bits per heavy atom. The molecule has 3 rings (SSSR count). The van der Waals surface area contributed by atoms with Gasteiger partial charge in [0.25, 0.3) is 0 Å². The third kappa shape index (κ3) is 3.44. The van der Waals surface area contributed by atoms with Crippen molar-refractivity contribution in [1.82, 2.24) is 19.4 Å². The number of imidazole rings is 1. The van der Waals surface area contributed by atoms with Gasteiger partial charge in [0.15, 0.2) is 5.65 Å². The minimum absolute atomic E-state index is 0.0627. The van der Waals surface area contributed by atoms with Crippen LogP contribution < -0.4 is 5.69 Å². The quantitative estimate of drug-likeness (QED) is 0.916. The van der Waals surface area contributed by atoms with Crippen molar-refractivity contribution in [2.45, 2.75) is 58.2 Å². The number of carbonyl (C=O) groups excluding carboxylic acids is 1. The Morgan fingerprint density at radius 2 is 2.21 bits per heavy atom. The predicted octanol–water partition coefficient (Wildman–Crippen LogP) is 2.51. The molecule has 1 aliphatic heterocycles. The molecule has 0 saturated carbocycles. The number of ether oxygens (including phenoxy) is 1. The van der Waals surface area contributed by atoms with Crippen molar-refractivity contribution >= 4 is 17.3 Å². The number of aromatic amines is 1. The highest BCUT2D eigenvalue weighted by Crippen LogP contribution is 2.22. The van der Waals surface area contributed by atoms with Crippen LogP contribution in [-0.2, 0) is 11.3 Å². The number of carbonyl (C=O) groups is 1. The molecule has 0 spiro atoms. The van der Waals surface area contributed by atoms with Crippen molar-refractivity contribution in [2.75, 3.05) is 6.54 Å². The van der Waals surface area contributed by atoms with E-state index in [2.05, 4.69) is 9.97 Å². The molecule has 2 aromatic heterocycles. The fraction of sp³-hybridized carbons (Fsp3) is 0.588. The number of hydrogen-bond acceptors (Lipinski definition) is 4. The number of H-pyrrole nitrogens is 1. The maximum Gasteiger partial charge on any atom is 0.410 e. The first kappa shape index (κ1) is 16.5. The fourth-order valence-corrected chi connectivity index (χ4v) is 3.12. The zero-order chi connectivity index (χ0) is 17.3. The molecule has 0 aliphatic carbocycles. The average Bonchev–Trinajstić information content (AvgIpc) is 2.82. The molecule has 1 saturated heterocycles. The summed E-state index contributed by atoms with van der Waals surface area (Å²) in [6.07, 6.45) is 4.20. The number of fused-ring (bicyclic) bond motifs is 1. The van der Waals surface area contributed by atoms with Gasteiger partial charge < -0.3 is 14.6 Å². The summed E-state index contributed by atoms with van der Waals surface area (Å²) in [4.78, 5) is 33.6. The van der Waals surface area contributed by atoms with Crippen LogP contribution in [0.5, 0.6) is 0 Å². The van der Waals surface area contributed by atoms with Crippen molar-refractivity contribution in [3.05, 3.63) is 28.8 Å². The van der Waals surface area contributed by atoms with Gasteiger partial charge in [-0.15, -0.1) is 0 Å². The summed E-state index contributed by atoms with van der Waals surface area (Å²) >= 11 is 0. The zero-order valence-electron chi connectivity index (χ0n) is 14.4. The average molecular weight is 332 g/mol. The van der Waals surface area contributed by atoms with Gasteiger partial charge in [-0.25, -0.2) is 14.6 Å². The second kappa shape index (κ2) is 6.30. The van der Waals surface area contributed by atoms with E-state index in [-0.39, 0.29) is 17.8 Å². The Bertz CT molecular complexity index is 787. The molecular weight excluding hydrogens is 308 g/mol. The monoisotopic (exact) mass is 332 g/mol. The van der Waals surface area contributed by atoms with Crippen molar-refractivity contribution < 1.29 is 9.53 Å². The Kier molecular flexibility index (Phi) is 4.34. The number of amides is 1. The van der Waals surface area contributed by atoms with E-state index in [1.54, 1.807) is 21.7 Å². The van der Waals surface area contributed by atoms with Gasteiger partial charge in [0.2, 0.25) is 0 Å². The molecule has 0 bridgehead atoms. The Balaban J connectivity index is 1.84. The van der Waals surface area contributed by atoms with E-state index in [9.17, 15) is 9.59 Å². The maximum atomic E-state index is 12.5. The van der Waals surface area contributed by atoms with Gasteiger partial charge in [0.05, 0.1) is 11.6 Å². The molecule has 1 unspecified atom stereocenters. The van der Waals surface area contributed by atoms with Gasteiger partial charge in [-0.05, 0) is 52.2 Å². The Labute approximate surface area is 140 Å². The number of piperidine rings is 1. The number of hydrogen-bond donors (Lipinski definition) is 1. The molecule has 2 aromatic rings. The van der Waals surface area contributed by atoms with Crippen LogP contribution >= 0.6 is 0 Å². The van der Waals surface area contributed by atoms with Crippen LogP contribution in [0.2, 0.25) is 0 Å². The van der Waals surface area contributed by atoms with Gasteiger partial charge in [0.1, 0.15) is 5.60 Å². The van der Waals surface area contributed by atoms with Gasteiger partial charge in [-0.3, -0.25) is 4.57 Å². The van der Waals surface area contributed by atoms with E-state index in [1.165, 1.54) is 0 Å². The van der Waals surface area contributed by atoms with Crippen LogP contribution in [0, 0.1) is 0 Å². The standard InChI is InChI=1S/C17H24N4O3/c1-17(2,3)24-16(23)20-10-5-4-7-12(20)11-21-14-13(19-15(21)22)8-6-9-18-14/h6,8-9,12H,4-5,7,10-11H2,1-3H3,(H,19,22). The molecule has 130 valence electrons. The SMILES string of the molecule is CC(C)(C)OC(=O)N1CCCCC1Cn1c(=O)[nH]c2cccnc21. The summed E-state index contributed by atoms with van der Waals surface area (Å²) in [5, 5.41) is 0. The first-order valence-electron chi connectivity index (χ1n) is 8.38.